The normalized spacial score (nSPS) is 17.0. The Morgan fingerprint density at radius 1 is 1.09 bits per heavy atom. The largest absolute Gasteiger partial charge is 0.369 e. The molecule has 2 aromatic heterocycles. The lowest BCUT2D eigenvalue weighted by Crippen LogP contribution is -2.46. The number of rotatable bonds is 4. The molecule has 0 bridgehead atoms. The van der Waals surface area contributed by atoms with Crippen LogP contribution in [0.25, 0.3) is 10.2 Å². The molecule has 34 heavy (non-hydrogen) atoms. The molecule has 2 aliphatic heterocycles. The third-order valence-electron chi connectivity index (χ3n) is 7.26. The molecule has 1 aromatic carbocycles. The maximum absolute atomic E-state index is 13.2. The van der Waals surface area contributed by atoms with Crippen molar-refractivity contribution in [3.8, 4) is 0 Å². The van der Waals surface area contributed by atoms with E-state index in [-0.39, 0.29) is 11.5 Å². The zero-order valence-corrected chi connectivity index (χ0v) is 21.1. The third-order valence-corrected chi connectivity index (χ3v) is 8.45. The Kier molecular flexibility index (Phi) is 6.44. The fraction of sp³-hybridized carbons (Fsp3) is 0.500. The Morgan fingerprint density at radius 3 is 2.62 bits per heavy atom. The number of nitrogens with zero attached hydrogens (tertiary/aromatic N) is 4. The van der Waals surface area contributed by atoms with E-state index in [1.54, 1.807) is 0 Å². The molecule has 0 saturated carbocycles. The number of likely N-dealkylation sites (N-methyl/N-ethyl adjacent to an activating group) is 1. The highest BCUT2D eigenvalue weighted by Gasteiger charge is 2.23. The van der Waals surface area contributed by atoms with Gasteiger partial charge in [-0.15, -0.1) is 11.3 Å². The van der Waals surface area contributed by atoms with E-state index in [4.69, 9.17) is 4.98 Å². The van der Waals surface area contributed by atoms with E-state index in [9.17, 15) is 9.59 Å². The number of hydrogen-bond donors (Lipinski definition) is 1. The summed E-state index contributed by atoms with van der Waals surface area (Å²) in [6.07, 6.45) is 4.00. The number of fused-ring (bicyclic) bond motifs is 2. The summed E-state index contributed by atoms with van der Waals surface area (Å²) in [6.45, 7) is 12.1. The first kappa shape index (κ1) is 23.1. The number of anilines is 2. The van der Waals surface area contributed by atoms with Crippen LogP contribution in [-0.2, 0) is 13.0 Å². The predicted octanol–water partition coefficient (Wildman–Crippen LogP) is 4.20. The van der Waals surface area contributed by atoms with E-state index in [1.807, 2.05) is 24.5 Å². The summed E-state index contributed by atoms with van der Waals surface area (Å²) >= 11 is 1.33. The Morgan fingerprint density at radius 2 is 1.88 bits per heavy atom. The molecule has 180 valence electrons. The van der Waals surface area contributed by atoms with Crippen molar-refractivity contribution in [2.75, 3.05) is 42.9 Å². The fourth-order valence-electron chi connectivity index (χ4n) is 5.11. The molecule has 0 spiro atoms. The highest BCUT2D eigenvalue weighted by atomic mass is 32.1. The lowest BCUT2D eigenvalue weighted by atomic mass is 10.1. The Labute approximate surface area is 204 Å². The van der Waals surface area contributed by atoms with Gasteiger partial charge >= 0.3 is 0 Å². The minimum atomic E-state index is -0.174. The highest BCUT2D eigenvalue weighted by Crippen LogP contribution is 2.30. The molecule has 7 nitrogen and oxygen atoms in total. The van der Waals surface area contributed by atoms with Crippen molar-refractivity contribution in [3.05, 3.63) is 50.4 Å². The minimum Gasteiger partial charge on any atom is -0.369 e. The summed E-state index contributed by atoms with van der Waals surface area (Å²) in [4.78, 5) is 37.4. The number of aryl methyl sites for hydroxylation is 3. The monoisotopic (exact) mass is 479 g/mol. The lowest BCUT2D eigenvalue weighted by molar-refractivity contribution is 0.103. The zero-order chi connectivity index (χ0) is 23.8. The number of benzene rings is 1. The van der Waals surface area contributed by atoms with Crippen LogP contribution < -0.4 is 15.8 Å². The molecular weight excluding hydrogens is 446 g/mol. The van der Waals surface area contributed by atoms with Gasteiger partial charge in [-0.3, -0.25) is 14.2 Å². The number of thiophene rings is 1. The lowest BCUT2D eigenvalue weighted by Gasteiger charge is -2.35. The van der Waals surface area contributed by atoms with E-state index in [0.717, 1.165) is 81.0 Å². The third kappa shape index (κ3) is 4.25. The van der Waals surface area contributed by atoms with Crippen molar-refractivity contribution in [1.82, 2.24) is 14.5 Å². The van der Waals surface area contributed by atoms with Crippen LogP contribution in [0.15, 0.2) is 23.0 Å². The van der Waals surface area contributed by atoms with Crippen molar-refractivity contribution in [2.45, 2.75) is 53.0 Å². The van der Waals surface area contributed by atoms with Gasteiger partial charge < -0.3 is 15.1 Å². The number of piperazine rings is 1. The second-order valence-electron chi connectivity index (χ2n) is 9.41. The van der Waals surface area contributed by atoms with E-state index < -0.39 is 0 Å². The zero-order valence-electron chi connectivity index (χ0n) is 20.3. The first-order valence-electron chi connectivity index (χ1n) is 12.4. The van der Waals surface area contributed by atoms with Crippen molar-refractivity contribution < 1.29 is 4.79 Å². The summed E-state index contributed by atoms with van der Waals surface area (Å²) < 4.78 is 1.82. The van der Waals surface area contributed by atoms with Gasteiger partial charge in [-0.1, -0.05) is 13.3 Å². The molecule has 5 rings (SSSR count). The maximum atomic E-state index is 13.2. The Balaban J connectivity index is 1.38. The van der Waals surface area contributed by atoms with E-state index in [2.05, 4.69) is 34.2 Å². The number of nitrogens with one attached hydrogen (secondary N) is 1. The van der Waals surface area contributed by atoms with E-state index in [1.165, 1.54) is 17.0 Å². The molecule has 1 N–H and O–H groups in total. The first-order chi connectivity index (χ1) is 16.5. The van der Waals surface area contributed by atoms with Gasteiger partial charge in [0.1, 0.15) is 10.7 Å². The predicted molar refractivity (Wildman–Crippen MR) is 140 cm³/mol. The number of amides is 1. The molecule has 2 aliphatic rings. The summed E-state index contributed by atoms with van der Waals surface area (Å²) in [7, 11) is 0. The molecule has 8 heteroatoms. The average molecular weight is 480 g/mol. The number of carbonyl (C=O) groups is 1. The van der Waals surface area contributed by atoms with Crippen molar-refractivity contribution >= 4 is 38.8 Å². The van der Waals surface area contributed by atoms with Crippen LogP contribution in [0.1, 0.15) is 52.8 Å². The SMILES string of the molecule is CCN1CCN(c2ccc(NC(=O)c3sc4nc5n(c(=O)c4c3C)CCCCC5)c(C)c2)CC1. The average Bonchev–Trinajstić information content (AvgIpc) is 3.01. The van der Waals surface area contributed by atoms with E-state index in [0.29, 0.717) is 21.6 Å². The van der Waals surface area contributed by atoms with Crippen molar-refractivity contribution in [1.29, 1.82) is 0 Å². The Hall–Kier alpha value is -2.71. The standard InChI is InChI=1S/C26H33N5O2S/c1-4-29-12-14-30(15-13-29)19-9-10-20(17(2)16-19)27-24(32)23-18(3)22-25(34-23)28-21-8-6-5-7-11-31(21)26(22)33/h9-10,16H,4-8,11-15H2,1-3H3,(H,27,32). The number of hydrogen-bond acceptors (Lipinski definition) is 6. The van der Waals surface area contributed by atoms with Gasteiger partial charge in [-0.25, -0.2) is 4.98 Å². The van der Waals surface area contributed by atoms with Crippen molar-refractivity contribution in [2.24, 2.45) is 0 Å². The van der Waals surface area contributed by atoms with E-state index >= 15 is 0 Å². The van der Waals surface area contributed by atoms with Crippen LogP contribution in [0.5, 0.6) is 0 Å². The van der Waals surface area contributed by atoms with Crippen LogP contribution >= 0.6 is 11.3 Å². The Bertz CT molecular complexity index is 1290. The topological polar surface area (TPSA) is 70.5 Å². The fourth-order valence-corrected chi connectivity index (χ4v) is 6.20. The number of carbonyl (C=O) groups excluding carboxylic acids is 1. The molecule has 3 aromatic rings. The first-order valence-corrected chi connectivity index (χ1v) is 13.2. The smallest absolute Gasteiger partial charge is 0.266 e. The molecule has 0 unspecified atom stereocenters. The van der Waals surface area contributed by atoms with Crippen LogP contribution in [0.3, 0.4) is 0 Å². The van der Waals surface area contributed by atoms with Crippen LogP contribution in [-0.4, -0.2) is 53.1 Å². The van der Waals surface area contributed by atoms with Gasteiger partial charge in [0.05, 0.1) is 10.3 Å². The van der Waals surface area contributed by atoms with Crippen LogP contribution in [0.2, 0.25) is 0 Å². The molecule has 1 fully saturated rings. The van der Waals surface area contributed by atoms with Gasteiger partial charge in [0.15, 0.2) is 0 Å². The van der Waals surface area contributed by atoms with Gasteiger partial charge in [-0.05, 0) is 62.6 Å². The summed E-state index contributed by atoms with van der Waals surface area (Å²) in [5.74, 6) is 0.682. The quantitative estimate of drug-likeness (QED) is 0.608. The maximum Gasteiger partial charge on any atom is 0.266 e. The molecule has 1 saturated heterocycles. The second-order valence-corrected chi connectivity index (χ2v) is 10.4. The molecule has 0 aliphatic carbocycles. The van der Waals surface area contributed by atoms with Crippen molar-refractivity contribution in [3.63, 3.8) is 0 Å². The molecule has 4 heterocycles. The van der Waals surface area contributed by atoms with Crippen LogP contribution in [0, 0.1) is 13.8 Å². The van der Waals surface area contributed by atoms with Gasteiger partial charge in [0.2, 0.25) is 0 Å². The molecular formula is C26H33N5O2S. The van der Waals surface area contributed by atoms with Gasteiger partial charge in [0.25, 0.3) is 11.5 Å². The minimum absolute atomic E-state index is 0.00148. The van der Waals surface area contributed by atoms with Gasteiger partial charge in [0, 0.05) is 50.5 Å². The molecule has 0 radical (unpaired) electrons. The number of aromatic nitrogens is 2. The summed E-state index contributed by atoms with van der Waals surface area (Å²) in [5.41, 5.74) is 3.77. The summed E-state index contributed by atoms with van der Waals surface area (Å²) in [5, 5.41) is 3.68. The molecule has 1 amide bonds. The summed E-state index contributed by atoms with van der Waals surface area (Å²) in [6, 6.07) is 6.24. The van der Waals surface area contributed by atoms with Crippen LogP contribution in [0.4, 0.5) is 11.4 Å². The highest BCUT2D eigenvalue weighted by molar-refractivity contribution is 7.20. The second kappa shape index (κ2) is 9.50. The van der Waals surface area contributed by atoms with Gasteiger partial charge in [-0.2, -0.15) is 0 Å². The molecule has 0 atom stereocenters.